The lowest BCUT2D eigenvalue weighted by Crippen LogP contribution is -2.71. The van der Waals surface area contributed by atoms with E-state index in [0.29, 0.717) is 62.4 Å². The molecule has 2 bridgehead atoms. The predicted octanol–water partition coefficient (Wildman–Crippen LogP) is 6.70. The van der Waals surface area contributed by atoms with Gasteiger partial charge in [0.25, 0.3) is 0 Å². The molecule has 4 saturated carbocycles. The number of nitrogens with zero attached hydrogens (tertiary/aromatic N) is 10. The summed E-state index contributed by atoms with van der Waals surface area (Å²) >= 11 is 0. The minimum absolute atomic E-state index is 0.0147. The maximum Gasteiger partial charge on any atom is 0.391 e. The van der Waals surface area contributed by atoms with E-state index in [0.717, 1.165) is 32.1 Å². The molecule has 15 atom stereocenters. The van der Waals surface area contributed by atoms with Crippen LogP contribution in [0.1, 0.15) is 203 Å². The Morgan fingerprint density at radius 2 is 1.35 bits per heavy atom. The van der Waals surface area contributed by atoms with Gasteiger partial charge in [0, 0.05) is 107 Å². The van der Waals surface area contributed by atoms with Crippen molar-refractivity contribution in [3.63, 3.8) is 0 Å². The van der Waals surface area contributed by atoms with Crippen LogP contribution in [0, 0.1) is 46.8 Å². The second-order valence-electron chi connectivity index (χ2n) is 34.8. The first kappa shape index (κ1) is 87.2. The van der Waals surface area contributed by atoms with Crippen LogP contribution in [0.5, 0.6) is 0 Å². The summed E-state index contributed by atoms with van der Waals surface area (Å²) in [6.07, 6.45) is 6.52. The van der Waals surface area contributed by atoms with Crippen LogP contribution in [-0.4, -0.2) is 295 Å². The van der Waals surface area contributed by atoms with Crippen molar-refractivity contribution in [1.29, 1.82) is 0 Å². The molecule has 0 radical (unpaired) electrons. The van der Waals surface area contributed by atoms with Crippen LogP contribution in [0.2, 0.25) is 0 Å². The predicted molar refractivity (Wildman–Crippen MR) is 405 cm³/mol. The Balaban J connectivity index is 1.20. The van der Waals surface area contributed by atoms with Gasteiger partial charge in [-0.1, -0.05) is 85.8 Å². The van der Waals surface area contributed by atoms with Crippen molar-refractivity contribution in [2.24, 2.45) is 46.8 Å². The number of likely N-dealkylation sites (N-methyl/N-ethyl adjacent to an activating group) is 7. The van der Waals surface area contributed by atoms with Crippen LogP contribution in [-0.2, 0) is 57.5 Å². The number of rotatable bonds is 13. The van der Waals surface area contributed by atoms with E-state index in [4.69, 9.17) is 4.74 Å². The van der Waals surface area contributed by atoms with Crippen molar-refractivity contribution in [1.82, 2.24) is 64.9 Å². The number of halogens is 3. The molecule has 8 rings (SSSR count). The third-order valence-electron chi connectivity index (χ3n) is 26.5. The number of hydrogen-bond acceptors (Lipinski definition) is 14. The van der Waals surface area contributed by atoms with E-state index in [1.807, 2.05) is 47.6 Å². The second-order valence-corrected chi connectivity index (χ2v) is 34.8. The van der Waals surface area contributed by atoms with Gasteiger partial charge in [0.1, 0.15) is 41.8 Å². The van der Waals surface area contributed by atoms with Gasteiger partial charge in [-0.05, 0) is 165 Å². The molecule has 4 aliphatic carbocycles. The summed E-state index contributed by atoms with van der Waals surface area (Å²) in [6.45, 7) is 15.4. The second kappa shape index (κ2) is 37.3. The van der Waals surface area contributed by atoms with E-state index < -0.39 is 168 Å². The molecule has 5 unspecified atom stereocenters. The topological polar surface area (TPSA) is 265 Å². The molecule has 28 heteroatoms. The van der Waals surface area contributed by atoms with E-state index in [2.05, 4.69) is 41.7 Å². The molecule has 3 N–H and O–H groups in total. The molecule has 4 aliphatic heterocycles. The summed E-state index contributed by atoms with van der Waals surface area (Å²) in [5, 5.41) is 9.63. The highest BCUT2D eigenvalue weighted by Gasteiger charge is 2.60. The number of alkyl halides is 3. The largest absolute Gasteiger partial charge is 0.391 e. The van der Waals surface area contributed by atoms with E-state index in [1.54, 1.807) is 34.3 Å². The van der Waals surface area contributed by atoms with Crippen molar-refractivity contribution >= 4 is 65.0 Å². The first-order valence-corrected chi connectivity index (χ1v) is 40.6. The quantitative estimate of drug-likeness (QED) is 0.162. The number of carbonyl (C=O) groups is 11. The van der Waals surface area contributed by atoms with Gasteiger partial charge in [0.15, 0.2) is 0 Å². The zero-order chi connectivity index (χ0) is 79.8. The van der Waals surface area contributed by atoms with Crippen molar-refractivity contribution in [2.75, 3.05) is 103 Å². The summed E-state index contributed by atoms with van der Waals surface area (Å²) in [5.74, 6) is -7.72. The SMILES string of the molecule is CCC[C@H]1CN[C@@H]([C@@H](C)CC)C(=O)N(C)CC(=O)N(C)[C@H]2C/C=C\CCN(C2=O)[C@@H](CC2CCC(C(F)(F)F)CC2)C(=O)N(C)CC(=O)N[C@@H](CCC2CCC3C(C)C(C)N(C)C3C2)C(=O)N2C[C@H](OCC)C[C@H]2C(=O)NC2(CC(C)(C)C2)C(=O)N(C)[C@@H](C2CCCC2)C(=O)N(C)[C@H](C(=O)N(C)C)CC(=O)N1C. The average Bonchev–Trinajstić information content (AvgIpc) is 0.802. The minimum Gasteiger partial charge on any atom is -0.377 e. The van der Waals surface area contributed by atoms with Crippen LogP contribution in [0.4, 0.5) is 13.2 Å². The minimum atomic E-state index is -4.42. The van der Waals surface area contributed by atoms with Crippen LogP contribution in [0.3, 0.4) is 0 Å². The Morgan fingerprint density at radius 3 is 1.96 bits per heavy atom. The van der Waals surface area contributed by atoms with Gasteiger partial charge in [0.2, 0.25) is 65.0 Å². The molecule has 108 heavy (non-hydrogen) atoms. The lowest BCUT2D eigenvalue weighted by Gasteiger charge is -2.54. The molecule has 610 valence electrons. The standard InChI is InChI=1S/C80H132F3N13O12/c1-18-26-56-43-84-68(49(4)19-2)75(105)89(12)46-67(99)92(15)60-29-22-21-25-38-95(74(60)104)64(40-52-30-34-55(35-31-52)80(81,82)83)73(103)88(11)45-65(97)85-59(37-33-53-32-36-58-50(5)51(6)90(13)61(58)39-53)71(101)96-44-57(108-20-3)41-62(96)70(100)86-79(47-78(7,8)48-79)77(107)94(17)69(54-27-23-24-28-54)76(106)93(16)63(72(102)87(9)10)42-66(98)91(56)14/h21-22,49-64,68-69,84H,18-20,23-48H2,1-17H3,(H,85,97)(H,86,100)/b22-21-/t49-,50?,51?,52?,53?,55?,56-,57+,58?,59-,60-,61?,62-,63-,64-,68-,69-/m0/s1. The zero-order valence-electron chi connectivity index (χ0n) is 68.1. The van der Waals surface area contributed by atoms with Gasteiger partial charge in [-0.3, -0.25) is 52.7 Å². The van der Waals surface area contributed by atoms with Crippen LogP contribution >= 0.6 is 0 Å². The molecule has 8 aliphatic rings. The number of nitrogens with one attached hydrogen (secondary N) is 3. The summed E-state index contributed by atoms with van der Waals surface area (Å²) in [6, 6.07) is -8.10. The first-order valence-electron chi connectivity index (χ1n) is 40.6. The number of fused-ring (bicyclic) bond motifs is 4. The number of likely N-dealkylation sites (tertiary alicyclic amines) is 1. The highest BCUT2D eigenvalue weighted by molar-refractivity contribution is 6.00. The fraction of sp³-hybridized carbons (Fsp3) is 0.838. The Kier molecular flexibility index (Phi) is 30.1. The molecule has 11 amide bonds. The molecule has 25 nitrogen and oxygen atoms in total. The van der Waals surface area contributed by atoms with Gasteiger partial charge >= 0.3 is 6.18 Å². The fourth-order valence-electron chi connectivity index (χ4n) is 19.7. The van der Waals surface area contributed by atoms with Crippen LogP contribution in [0.15, 0.2) is 12.2 Å². The summed E-state index contributed by atoms with van der Waals surface area (Å²) in [4.78, 5) is 183. The Labute approximate surface area is 640 Å². The van der Waals surface area contributed by atoms with Gasteiger partial charge < -0.3 is 69.7 Å². The maximum atomic E-state index is 15.9. The normalized spacial score (nSPS) is 33.7. The first-order chi connectivity index (χ1) is 50.8. The number of carbonyl (C=O) groups excluding carboxylic acids is 11. The lowest BCUT2D eigenvalue weighted by molar-refractivity contribution is -0.184. The van der Waals surface area contributed by atoms with Gasteiger partial charge in [0.05, 0.1) is 37.6 Å². The van der Waals surface area contributed by atoms with E-state index in [1.165, 1.54) is 72.3 Å². The van der Waals surface area contributed by atoms with Crippen LogP contribution in [0.25, 0.3) is 0 Å². The lowest BCUT2D eigenvalue weighted by atomic mass is 9.58. The zero-order valence-corrected chi connectivity index (χ0v) is 68.1. The Morgan fingerprint density at radius 1 is 0.704 bits per heavy atom. The molecular weight excluding hydrogens is 1390 g/mol. The van der Waals surface area contributed by atoms with Crippen molar-refractivity contribution in [3.05, 3.63) is 12.2 Å². The maximum absolute atomic E-state index is 15.9. The summed E-state index contributed by atoms with van der Waals surface area (Å²) in [7, 11) is 14.3. The van der Waals surface area contributed by atoms with E-state index in [-0.39, 0.29) is 115 Å². The highest BCUT2D eigenvalue weighted by Crippen LogP contribution is 2.50. The monoisotopic (exact) mass is 1520 g/mol. The molecule has 4 heterocycles. The van der Waals surface area contributed by atoms with Gasteiger partial charge in [-0.15, -0.1) is 0 Å². The molecule has 0 aromatic rings. The summed E-state index contributed by atoms with van der Waals surface area (Å²) in [5.41, 5.74) is -2.04. The summed E-state index contributed by atoms with van der Waals surface area (Å²) < 4.78 is 48.8. The molecular formula is C80H132F3N13O12. The number of hydrogen-bond donors (Lipinski definition) is 3. The molecule has 0 aromatic carbocycles. The Hall–Kier alpha value is -6.42. The smallest absolute Gasteiger partial charge is 0.377 e. The third-order valence-corrected chi connectivity index (χ3v) is 26.5. The average molecular weight is 1530 g/mol. The van der Waals surface area contributed by atoms with E-state index in [9.17, 15) is 32.3 Å². The third kappa shape index (κ3) is 20.3. The van der Waals surface area contributed by atoms with Crippen molar-refractivity contribution in [2.45, 2.75) is 281 Å². The molecule has 1 spiro atoms. The van der Waals surface area contributed by atoms with Crippen LogP contribution < -0.4 is 16.0 Å². The molecule has 0 aromatic heterocycles. The highest BCUT2D eigenvalue weighted by atomic mass is 19.4. The van der Waals surface area contributed by atoms with E-state index >= 15 is 33.6 Å². The molecule has 7 fully saturated rings. The number of amides is 11. The molecule has 3 saturated heterocycles. The van der Waals surface area contributed by atoms with Crippen molar-refractivity contribution < 1.29 is 70.6 Å². The Bertz CT molecular complexity index is 3210. The fourth-order valence-corrected chi connectivity index (χ4v) is 19.7. The van der Waals surface area contributed by atoms with Gasteiger partial charge in [-0.2, -0.15) is 13.2 Å². The van der Waals surface area contributed by atoms with Crippen molar-refractivity contribution in [3.8, 4) is 0 Å². The van der Waals surface area contributed by atoms with Gasteiger partial charge in [-0.25, -0.2) is 0 Å². The number of ether oxygens (including phenoxy) is 1.